The van der Waals surface area contributed by atoms with Crippen LogP contribution in [0.1, 0.15) is 0 Å². The lowest BCUT2D eigenvalue weighted by Crippen LogP contribution is -1.96. The van der Waals surface area contributed by atoms with Crippen molar-refractivity contribution >= 4 is 65.1 Å². The average Bonchev–Trinajstić information content (AvgIpc) is 3.69. The molecule has 8 aromatic rings. The van der Waals surface area contributed by atoms with Gasteiger partial charge in [0, 0.05) is 59.3 Å². The Morgan fingerprint density at radius 3 is 2.45 bits per heavy atom. The molecule has 180 valence electrons. The molecule has 4 nitrogen and oxygen atoms in total. The van der Waals surface area contributed by atoms with Crippen molar-refractivity contribution in [1.29, 1.82) is 0 Å². The Morgan fingerprint density at radius 2 is 1.55 bits per heavy atom. The van der Waals surface area contributed by atoms with Gasteiger partial charge in [0.2, 0.25) is 0 Å². The van der Waals surface area contributed by atoms with Gasteiger partial charge in [-0.1, -0.05) is 54.2 Å². The van der Waals surface area contributed by atoms with E-state index in [1.807, 2.05) is 40.5 Å². The van der Waals surface area contributed by atoms with Crippen LogP contribution in [0, 0.1) is 0 Å². The highest BCUT2D eigenvalue weighted by atomic mass is 32.2. The second kappa shape index (κ2) is 8.58. The molecule has 4 aromatic carbocycles. The molecule has 0 fully saturated rings. The number of nitrogens with zero attached hydrogens (tertiary/aromatic N) is 4. The van der Waals surface area contributed by atoms with Crippen LogP contribution in [0.3, 0.4) is 0 Å². The van der Waals surface area contributed by atoms with E-state index in [4.69, 9.17) is 4.98 Å². The summed E-state index contributed by atoms with van der Waals surface area (Å²) in [5.41, 5.74) is 3.43. The molecule has 0 unspecified atom stereocenters. The normalized spacial score (nSPS) is 11.8. The van der Waals surface area contributed by atoms with Crippen molar-refractivity contribution in [1.82, 2.24) is 19.3 Å². The lowest BCUT2D eigenvalue weighted by atomic mass is 10.1. The van der Waals surface area contributed by atoms with Gasteiger partial charge in [0.1, 0.15) is 5.82 Å². The average molecular weight is 525 g/mol. The van der Waals surface area contributed by atoms with Crippen LogP contribution in [0.5, 0.6) is 0 Å². The van der Waals surface area contributed by atoms with E-state index in [2.05, 4.69) is 101 Å². The Kier molecular flexibility index (Phi) is 4.90. The Morgan fingerprint density at radius 1 is 0.658 bits per heavy atom. The largest absolute Gasteiger partial charge is 0.293 e. The number of hydrogen-bond donors (Lipinski definition) is 0. The summed E-state index contributed by atoms with van der Waals surface area (Å²) in [5, 5.41) is 9.46. The maximum Gasteiger partial charge on any atom is 0.137 e. The molecular formula is C32H20N4S2. The molecular weight excluding hydrogens is 505 g/mol. The summed E-state index contributed by atoms with van der Waals surface area (Å²) in [6.07, 6.45) is 5.64. The Bertz CT molecular complexity index is 2110. The highest BCUT2D eigenvalue weighted by molar-refractivity contribution is 7.99. The van der Waals surface area contributed by atoms with Gasteiger partial charge in [0.25, 0.3) is 0 Å². The molecule has 8 rings (SSSR count). The molecule has 0 saturated carbocycles. The highest BCUT2D eigenvalue weighted by Crippen LogP contribution is 2.43. The fraction of sp³-hybridized carbons (Fsp3) is 0. The van der Waals surface area contributed by atoms with Crippen molar-refractivity contribution in [3.63, 3.8) is 0 Å². The Labute approximate surface area is 226 Å². The molecule has 0 N–H and O–H groups in total. The van der Waals surface area contributed by atoms with Crippen LogP contribution in [0.25, 0.3) is 53.5 Å². The fourth-order valence-electron chi connectivity index (χ4n) is 5.33. The molecule has 0 aliphatic rings. The van der Waals surface area contributed by atoms with Crippen LogP contribution in [-0.4, -0.2) is 19.3 Å². The second-order valence-corrected chi connectivity index (χ2v) is 11.4. The Hall–Kier alpha value is -4.39. The van der Waals surface area contributed by atoms with Crippen LogP contribution < -0.4 is 0 Å². The second-order valence-electron chi connectivity index (χ2n) is 9.19. The number of fused-ring (bicyclic) bond motifs is 7. The number of rotatable bonds is 4. The van der Waals surface area contributed by atoms with Crippen molar-refractivity contribution in [3.05, 3.63) is 122 Å². The topological polar surface area (TPSA) is 35.6 Å². The van der Waals surface area contributed by atoms with E-state index in [1.54, 1.807) is 18.0 Å². The molecule has 4 aromatic heterocycles. The number of pyridine rings is 1. The predicted molar refractivity (Wildman–Crippen MR) is 159 cm³/mol. The van der Waals surface area contributed by atoms with Crippen LogP contribution in [0.2, 0.25) is 0 Å². The first kappa shape index (κ1) is 21.7. The van der Waals surface area contributed by atoms with Gasteiger partial charge in [0.05, 0.1) is 16.7 Å². The first-order chi connectivity index (χ1) is 18.8. The molecule has 6 heteroatoms. The van der Waals surface area contributed by atoms with Crippen molar-refractivity contribution in [2.75, 3.05) is 0 Å². The van der Waals surface area contributed by atoms with Crippen LogP contribution in [-0.2, 0) is 0 Å². The van der Waals surface area contributed by atoms with Crippen molar-refractivity contribution in [2.45, 2.75) is 9.79 Å². The van der Waals surface area contributed by atoms with Crippen LogP contribution >= 0.6 is 23.1 Å². The minimum Gasteiger partial charge on any atom is -0.293 e. The summed E-state index contributed by atoms with van der Waals surface area (Å²) >= 11 is 3.61. The van der Waals surface area contributed by atoms with E-state index >= 15 is 0 Å². The van der Waals surface area contributed by atoms with Gasteiger partial charge in [-0.15, -0.1) is 11.3 Å². The van der Waals surface area contributed by atoms with Gasteiger partial charge in [-0.3, -0.25) is 4.57 Å². The molecule has 0 saturated heterocycles. The summed E-state index contributed by atoms with van der Waals surface area (Å²) in [6, 6.07) is 36.6. The summed E-state index contributed by atoms with van der Waals surface area (Å²) < 4.78 is 6.84. The molecule has 0 spiro atoms. The van der Waals surface area contributed by atoms with Crippen molar-refractivity contribution < 1.29 is 0 Å². The number of thiophene rings is 1. The molecule has 0 radical (unpaired) electrons. The van der Waals surface area contributed by atoms with Crippen LogP contribution in [0.4, 0.5) is 0 Å². The van der Waals surface area contributed by atoms with Crippen LogP contribution in [0.15, 0.2) is 132 Å². The number of benzene rings is 4. The zero-order valence-electron chi connectivity index (χ0n) is 20.2. The van der Waals surface area contributed by atoms with Gasteiger partial charge in [-0.05, 0) is 60.7 Å². The molecule has 0 atom stereocenters. The number of hydrogen-bond acceptors (Lipinski definition) is 4. The summed E-state index contributed by atoms with van der Waals surface area (Å²) in [7, 11) is 0. The molecule has 0 aliphatic heterocycles. The smallest absolute Gasteiger partial charge is 0.137 e. The first-order valence-electron chi connectivity index (χ1n) is 12.4. The van der Waals surface area contributed by atoms with E-state index < -0.39 is 0 Å². The first-order valence-corrected chi connectivity index (χ1v) is 14.0. The molecule has 0 aliphatic carbocycles. The predicted octanol–water partition coefficient (Wildman–Crippen LogP) is 8.88. The third kappa shape index (κ3) is 3.38. The fourth-order valence-corrected chi connectivity index (χ4v) is 7.34. The Balaban J connectivity index is 1.37. The molecule has 0 amide bonds. The summed E-state index contributed by atoms with van der Waals surface area (Å²) in [6.45, 7) is 0. The van der Waals surface area contributed by atoms with E-state index in [1.165, 1.54) is 46.3 Å². The van der Waals surface area contributed by atoms with Gasteiger partial charge in [-0.25, -0.2) is 9.67 Å². The molecule has 4 heterocycles. The van der Waals surface area contributed by atoms with E-state index in [-0.39, 0.29) is 0 Å². The van der Waals surface area contributed by atoms with E-state index in [9.17, 15) is 0 Å². The van der Waals surface area contributed by atoms with Gasteiger partial charge < -0.3 is 0 Å². The standard InChI is InChI=1S/C32H20N4S2/c1-2-10-28-26(9-1)31-29(38-28)15-14-25-24-13-12-23(20-27(24)36(32(25)31)30-11-3-4-16-33-30)37-22-8-5-7-21(19-22)35-18-6-17-34-35/h1-20H. The summed E-state index contributed by atoms with van der Waals surface area (Å²) in [5.74, 6) is 0.929. The zero-order chi connectivity index (χ0) is 25.1. The third-order valence-electron chi connectivity index (χ3n) is 6.94. The van der Waals surface area contributed by atoms with Crippen molar-refractivity contribution in [3.8, 4) is 11.5 Å². The minimum absolute atomic E-state index is 0.929. The van der Waals surface area contributed by atoms with E-state index in [0.29, 0.717) is 0 Å². The van der Waals surface area contributed by atoms with Gasteiger partial charge >= 0.3 is 0 Å². The van der Waals surface area contributed by atoms with E-state index in [0.717, 1.165) is 17.0 Å². The van der Waals surface area contributed by atoms with Gasteiger partial charge in [0.15, 0.2) is 0 Å². The SMILES string of the molecule is c1ccc(-n2c3cc(Sc4cccc(-n5cccn5)c4)ccc3c3ccc4sc5ccccc5c4c32)nc1. The highest BCUT2D eigenvalue weighted by Gasteiger charge is 2.19. The third-order valence-corrected chi connectivity index (χ3v) is 9.06. The maximum absolute atomic E-state index is 4.80. The number of aromatic nitrogens is 4. The van der Waals surface area contributed by atoms with Crippen molar-refractivity contribution in [2.24, 2.45) is 0 Å². The lowest BCUT2D eigenvalue weighted by molar-refractivity contribution is 0.877. The minimum atomic E-state index is 0.929. The van der Waals surface area contributed by atoms with Gasteiger partial charge in [-0.2, -0.15) is 5.10 Å². The lowest BCUT2D eigenvalue weighted by Gasteiger charge is -2.09. The summed E-state index contributed by atoms with van der Waals surface area (Å²) in [4.78, 5) is 7.15. The molecule has 0 bridgehead atoms. The monoisotopic (exact) mass is 524 g/mol. The maximum atomic E-state index is 4.80. The quantitative estimate of drug-likeness (QED) is 0.231. The molecule has 38 heavy (non-hydrogen) atoms. The zero-order valence-corrected chi connectivity index (χ0v) is 21.8.